The van der Waals surface area contributed by atoms with Gasteiger partial charge in [-0.2, -0.15) is 0 Å². The highest BCUT2D eigenvalue weighted by Crippen LogP contribution is 2.23. The van der Waals surface area contributed by atoms with Crippen LogP contribution in [0.1, 0.15) is 39.3 Å². The summed E-state index contributed by atoms with van der Waals surface area (Å²) < 4.78 is 5.90. The minimum atomic E-state index is 0.0369. The second-order valence-corrected chi connectivity index (χ2v) is 5.56. The van der Waals surface area contributed by atoms with E-state index in [0.29, 0.717) is 12.0 Å². The van der Waals surface area contributed by atoms with Crippen molar-refractivity contribution in [3.8, 4) is 5.88 Å². The zero-order chi connectivity index (χ0) is 12.3. The fourth-order valence-electron chi connectivity index (χ4n) is 1.90. The first-order valence-electron chi connectivity index (χ1n) is 6.25. The van der Waals surface area contributed by atoms with E-state index in [2.05, 4.69) is 36.1 Å². The van der Waals surface area contributed by atoms with Gasteiger partial charge in [-0.05, 0) is 25.9 Å². The molecule has 17 heavy (non-hydrogen) atoms. The Morgan fingerprint density at radius 1 is 1.24 bits per heavy atom. The Kier molecular flexibility index (Phi) is 3.62. The molecule has 1 fully saturated rings. The molecule has 0 atom stereocenters. The van der Waals surface area contributed by atoms with Crippen molar-refractivity contribution in [1.82, 2.24) is 15.3 Å². The fourth-order valence-corrected chi connectivity index (χ4v) is 1.90. The SMILES string of the molecule is CC(C)(C)c1cc(OC2CCNCC2)ncn1. The third-order valence-corrected chi connectivity index (χ3v) is 2.98. The van der Waals surface area contributed by atoms with E-state index in [1.807, 2.05) is 6.07 Å². The predicted octanol–water partition coefficient (Wildman–Crippen LogP) is 1.90. The zero-order valence-electron chi connectivity index (χ0n) is 10.9. The summed E-state index contributed by atoms with van der Waals surface area (Å²) in [6.45, 7) is 8.49. The number of nitrogens with one attached hydrogen (secondary N) is 1. The number of rotatable bonds is 2. The lowest BCUT2D eigenvalue weighted by atomic mass is 9.92. The van der Waals surface area contributed by atoms with Crippen LogP contribution in [0.3, 0.4) is 0 Å². The molecule has 0 unspecified atom stereocenters. The Morgan fingerprint density at radius 3 is 2.59 bits per heavy atom. The van der Waals surface area contributed by atoms with Crippen LogP contribution in [0.5, 0.6) is 5.88 Å². The molecular weight excluding hydrogens is 214 g/mol. The summed E-state index contributed by atoms with van der Waals surface area (Å²) in [5, 5.41) is 3.32. The van der Waals surface area contributed by atoms with Crippen LogP contribution in [0, 0.1) is 0 Å². The monoisotopic (exact) mass is 235 g/mol. The molecule has 1 saturated heterocycles. The largest absolute Gasteiger partial charge is 0.474 e. The third kappa shape index (κ3) is 3.40. The van der Waals surface area contributed by atoms with E-state index in [1.54, 1.807) is 6.33 Å². The van der Waals surface area contributed by atoms with Crippen molar-refractivity contribution < 1.29 is 4.74 Å². The first-order valence-corrected chi connectivity index (χ1v) is 6.25. The first kappa shape index (κ1) is 12.3. The van der Waals surface area contributed by atoms with Gasteiger partial charge in [-0.15, -0.1) is 0 Å². The van der Waals surface area contributed by atoms with E-state index >= 15 is 0 Å². The molecule has 0 aromatic carbocycles. The molecule has 1 N–H and O–H groups in total. The number of nitrogens with zero attached hydrogens (tertiary/aromatic N) is 2. The minimum absolute atomic E-state index is 0.0369. The van der Waals surface area contributed by atoms with Crippen LogP contribution in [0.4, 0.5) is 0 Å². The number of ether oxygens (including phenoxy) is 1. The zero-order valence-corrected chi connectivity index (χ0v) is 10.9. The number of aromatic nitrogens is 2. The second kappa shape index (κ2) is 5.00. The molecule has 1 aromatic heterocycles. The van der Waals surface area contributed by atoms with Crippen molar-refractivity contribution in [2.45, 2.75) is 45.1 Å². The van der Waals surface area contributed by atoms with Crippen molar-refractivity contribution in [3.05, 3.63) is 18.1 Å². The lowest BCUT2D eigenvalue weighted by Gasteiger charge is -2.24. The molecule has 0 aliphatic carbocycles. The summed E-state index contributed by atoms with van der Waals surface area (Å²) >= 11 is 0. The fraction of sp³-hybridized carbons (Fsp3) is 0.692. The van der Waals surface area contributed by atoms with Crippen molar-refractivity contribution in [3.63, 3.8) is 0 Å². The standard InChI is InChI=1S/C13H21N3O/c1-13(2,3)11-8-12(16-9-15-11)17-10-4-6-14-7-5-10/h8-10,14H,4-7H2,1-3H3. The summed E-state index contributed by atoms with van der Waals surface area (Å²) in [5.41, 5.74) is 1.06. The predicted molar refractivity (Wildman–Crippen MR) is 67.3 cm³/mol. The number of hydrogen-bond acceptors (Lipinski definition) is 4. The van der Waals surface area contributed by atoms with Crippen molar-refractivity contribution >= 4 is 0 Å². The molecule has 2 heterocycles. The van der Waals surface area contributed by atoms with E-state index in [9.17, 15) is 0 Å². The molecule has 0 bridgehead atoms. The van der Waals surface area contributed by atoms with Crippen LogP contribution < -0.4 is 10.1 Å². The van der Waals surface area contributed by atoms with Gasteiger partial charge in [0.1, 0.15) is 12.4 Å². The van der Waals surface area contributed by atoms with Crippen molar-refractivity contribution in [1.29, 1.82) is 0 Å². The normalized spacial score (nSPS) is 18.1. The summed E-state index contributed by atoms with van der Waals surface area (Å²) in [7, 11) is 0. The van der Waals surface area contributed by atoms with Crippen molar-refractivity contribution in [2.24, 2.45) is 0 Å². The quantitative estimate of drug-likeness (QED) is 0.850. The minimum Gasteiger partial charge on any atom is -0.474 e. The third-order valence-electron chi connectivity index (χ3n) is 2.98. The average molecular weight is 235 g/mol. The van der Waals surface area contributed by atoms with Gasteiger partial charge in [0.2, 0.25) is 5.88 Å². The smallest absolute Gasteiger partial charge is 0.216 e. The summed E-state index contributed by atoms with van der Waals surface area (Å²) in [4.78, 5) is 8.49. The molecule has 1 aromatic rings. The molecule has 94 valence electrons. The second-order valence-electron chi connectivity index (χ2n) is 5.56. The van der Waals surface area contributed by atoms with E-state index in [0.717, 1.165) is 31.6 Å². The maximum Gasteiger partial charge on any atom is 0.216 e. The summed E-state index contributed by atoms with van der Waals surface area (Å²) in [6.07, 6.45) is 3.99. The molecule has 4 nitrogen and oxygen atoms in total. The Morgan fingerprint density at radius 2 is 1.94 bits per heavy atom. The highest BCUT2D eigenvalue weighted by atomic mass is 16.5. The Labute approximate surface area is 103 Å². The van der Waals surface area contributed by atoms with Crippen LogP contribution in [0.25, 0.3) is 0 Å². The Hall–Kier alpha value is -1.16. The molecule has 1 aliphatic rings. The highest BCUT2D eigenvalue weighted by Gasteiger charge is 2.19. The van der Waals surface area contributed by atoms with E-state index < -0.39 is 0 Å². The molecule has 0 saturated carbocycles. The van der Waals surface area contributed by atoms with Crippen LogP contribution in [0.15, 0.2) is 12.4 Å². The van der Waals surface area contributed by atoms with Gasteiger partial charge in [0.25, 0.3) is 0 Å². The lowest BCUT2D eigenvalue weighted by molar-refractivity contribution is 0.155. The topological polar surface area (TPSA) is 47.0 Å². The number of piperidine rings is 1. The van der Waals surface area contributed by atoms with Gasteiger partial charge < -0.3 is 10.1 Å². The van der Waals surface area contributed by atoms with Gasteiger partial charge in [0.15, 0.2) is 0 Å². The van der Waals surface area contributed by atoms with E-state index in [1.165, 1.54) is 0 Å². The van der Waals surface area contributed by atoms with Gasteiger partial charge in [-0.25, -0.2) is 9.97 Å². The molecule has 0 radical (unpaired) electrons. The van der Waals surface area contributed by atoms with E-state index in [4.69, 9.17) is 4.74 Å². The van der Waals surface area contributed by atoms with Gasteiger partial charge in [0.05, 0.1) is 5.69 Å². The first-order chi connectivity index (χ1) is 8.05. The van der Waals surface area contributed by atoms with E-state index in [-0.39, 0.29) is 5.41 Å². The summed E-state index contributed by atoms with van der Waals surface area (Å²) in [5.74, 6) is 0.705. The molecule has 4 heteroatoms. The molecule has 2 rings (SSSR count). The van der Waals surface area contributed by atoms with Crippen LogP contribution >= 0.6 is 0 Å². The maximum atomic E-state index is 5.90. The van der Waals surface area contributed by atoms with Crippen LogP contribution in [0.2, 0.25) is 0 Å². The molecular formula is C13H21N3O. The van der Waals surface area contributed by atoms with Crippen LogP contribution in [-0.4, -0.2) is 29.2 Å². The Bertz CT molecular complexity index is 367. The lowest BCUT2D eigenvalue weighted by Crippen LogP contribution is -2.34. The molecule has 1 aliphatic heterocycles. The van der Waals surface area contributed by atoms with Gasteiger partial charge in [0, 0.05) is 11.5 Å². The van der Waals surface area contributed by atoms with Gasteiger partial charge >= 0.3 is 0 Å². The molecule has 0 spiro atoms. The maximum absolute atomic E-state index is 5.90. The number of hydrogen-bond donors (Lipinski definition) is 1. The van der Waals surface area contributed by atoms with Crippen molar-refractivity contribution in [2.75, 3.05) is 13.1 Å². The van der Waals surface area contributed by atoms with Crippen LogP contribution in [-0.2, 0) is 5.41 Å². The highest BCUT2D eigenvalue weighted by molar-refractivity contribution is 5.19. The van der Waals surface area contributed by atoms with Gasteiger partial charge in [-0.3, -0.25) is 0 Å². The Balaban J connectivity index is 2.05. The molecule has 0 amide bonds. The summed E-state index contributed by atoms with van der Waals surface area (Å²) in [6, 6.07) is 1.96. The van der Waals surface area contributed by atoms with Gasteiger partial charge in [-0.1, -0.05) is 20.8 Å². The average Bonchev–Trinajstić information content (AvgIpc) is 2.29.